The molecule has 5 heteroatoms. The Morgan fingerprint density at radius 2 is 1.85 bits per heavy atom. The molecule has 1 amide bonds. The van der Waals surface area contributed by atoms with Crippen LogP contribution in [0.4, 0.5) is 0 Å². The lowest BCUT2D eigenvalue weighted by atomic mass is 9.93. The van der Waals surface area contributed by atoms with Crippen LogP contribution in [-0.2, 0) is 11.2 Å². The van der Waals surface area contributed by atoms with E-state index in [1.54, 1.807) is 24.3 Å². The van der Waals surface area contributed by atoms with Gasteiger partial charge in [-0.1, -0.05) is 26.0 Å². The average molecular weight is 280 g/mol. The highest BCUT2D eigenvalue weighted by Crippen LogP contribution is 2.15. The highest BCUT2D eigenvalue weighted by molar-refractivity contribution is 5.82. The van der Waals surface area contributed by atoms with E-state index in [1.807, 2.05) is 13.8 Å². The van der Waals surface area contributed by atoms with Gasteiger partial charge in [0.1, 0.15) is 5.75 Å². The third kappa shape index (κ3) is 4.21. The topological polar surface area (TPSA) is 95.6 Å². The number of nitrogens with two attached hydrogens (primary N) is 1. The second-order valence-electron chi connectivity index (χ2n) is 5.11. The maximum Gasteiger partial charge on any atom is 0.237 e. The Bertz CT molecular complexity index is 419. The predicted molar refractivity (Wildman–Crippen MR) is 78.3 cm³/mol. The second kappa shape index (κ2) is 7.26. The van der Waals surface area contributed by atoms with Crippen molar-refractivity contribution in [2.75, 3.05) is 6.61 Å². The number of rotatable bonds is 7. The smallest absolute Gasteiger partial charge is 0.237 e. The number of benzene rings is 1. The van der Waals surface area contributed by atoms with Crippen LogP contribution in [0.3, 0.4) is 0 Å². The van der Waals surface area contributed by atoms with E-state index >= 15 is 0 Å². The number of phenols is 1. The average Bonchev–Trinajstić information content (AvgIpc) is 2.47. The zero-order valence-electron chi connectivity index (χ0n) is 12.1. The number of nitrogens with one attached hydrogen (secondary N) is 1. The maximum absolute atomic E-state index is 12.1. The van der Waals surface area contributed by atoms with Crippen molar-refractivity contribution in [3.63, 3.8) is 0 Å². The number of amides is 1. The molecule has 0 spiro atoms. The molecule has 0 aromatic heterocycles. The third-order valence-corrected chi connectivity index (χ3v) is 3.77. The number of hydrogen-bond donors (Lipinski definition) is 4. The first-order valence-corrected chi connectivity index (χ1v) is 6.92. The summed E-state index contributed by atoms with van der Waals surface area (Å²) in [6.07, 6.45) is 1.69. The monoisotopic (exact) mass is 280 g/mol. The molecule has 0 bridgehead atoms. The van der Waals surface area contributed by atoms with Crippen LogP contribution in [0.1, 0.15) is 32.3 Å². The van der Waals surface area contributed by atoms with E-state index in [1.165, 1.54) is 0 Å². The molecule has 1 rings (SSSR count). The van der Waals surface area contributed by atoms with Crippen LogP contribution < -0.4 is 11.1 Å². The summed E-state index contributed by atoms with van der Waals surface area (Å²) in [6.45, 7) is 3.74. The Balaban J connectivity index is 2.65. The third-order valence-electron chi connectivity index (χ3n) is 3.77. The Morgan fingerprint density at radius 3 is 2.30 bits per heavy atom. The fourth-order valence-corrected chi connectivity index (χ4v) is 2.02. The van der Waals surface area contributed by atoms with Crippen LogP contribution in [0.2, 0.25) is 0 Å². The molecule has 0 saturated carbocycles. The van der Waals surface area contributed by atoms with Gasteiger partial charge >= 0.3 is 0 Å². The number of carbonyl (C=O) groups is 1. The summed E-state index contributed by atoms with van der Waals surface area (Å²) in [4.78, 5) is 12.1. The van der Waals surface area contributed by atoms with Crippen molar-refractivity contribution < 1.29 is 15.0 Å². The van der Waals surface area contributed by atoms with Crippen LogP contribution in [0.5, 0.6) is 5.75 Å². The van der Waals surface area contributed by atoms with E-state index in [0.29, 0.717) is 19.3 Å². The van der Waals surface area contributed by atoms with Gasteiger partial charge in [0, 0.05) is 0 Å². The largest absolute Gasteiger partial charge is 0.508 e. The number of aliphatic hydroxyl groups excluding tert-OH is 1. The highest BCUT2D eigenvalue weighted by atomic mass is 16.3. The first-order valence-electron chi connectivity index (χ1n) is 6.92. The van der Waals surface area contributed by atoms with E-state index in [4.69, 9.17) is 5.73 Å². The van der Waals surface area contributed by atoms with Crippen molar-refractivity contribution in [2.45, 2.75) is 44.7 Å². The van der Waals surface area contributed by atoms with Crippen molar-refractivity contribution in [1.29, 1.82) is 0 Å². The van der Waals surface area contributed by atoms with Gasteiger partial charge < -0.3 is 21.3 Å². The van der Waals surface area contributed by atoms with E-state index in [-0.39, 0.29) is 18.3 Å². The highest BCUT2D eigenvalue weighted by Gasteiger charge is 2.29. The van der Waals surface area contributed by atoms with Crippen LogP contribution in [0.25, 0.3) is 0 Å². The fraction of sp³-hybridized carbons (Fsp3) is 0.533. The fourth-order valence-electron chi connectivity index (χ4n) is 2.02. The molecule has 0 saturated heterocycles. The molecule has 0 unspecified atom stereocenters. The molecular weight excluding hydrogens is 256 g/mol. The van der Waals surface area contributed by atoms with Gasteiger partial charge in [0.2, 0.25) is 5.91 Å². The van der Waals surface area contributed by atoms with Gasteiger partial charge in [0.05, 0.1) is 18.2 Å². The summed E-state index contributed by atoms with van der Waals surface area (Å²) in [5.41, 5.74) is 6.19. The minimum Gasteiger partial charge on any atom is -0.508 e. The molecule has 5 N–H and O–H groups in total. The number of aliphatic hydroxyl groups is 1. The maximum atomic E-state index is 12.1. The number of carbonyl (C=O) groups excluding carboxylic acids is 1. The molecule has 1 aromatic carbocycles. The SMILES string of the molecule is CCC(CC)(CO)NC(=O)[C@@H](N)Cc1ccc(O)cc1. The molecular formula is C15H24N2O3. The lowest BCUT2D eigenvalue weighted by Crippen LogP contribution is -2.55. The molecule has 0 aliphatic rings. The standard InChI is InChI=1S/C15H24N2O3/c1-3-15(4-2,10-18)17-14(20)13(16)9-11-5-7-12(19)8-6-11/h5-8,13,18-19H,3-4,9-10,16H2,1-2H3,(H,17,20)/t13-/m0/s1. The summed E-state index contributed by atoms with van der Waals surface area (Å²) in [5, 5.41) is 21.5. The molecule has 0 aliphatic carbocycles. The Morgan fingerprint density at radius 1 is 1.30 bits per heavy atom. The summed E-state index contributed by atoms with van der Waals surface area (Å²) < 4.78 is 0. The van der Waals surface area contributed by atoms with Crippen molar-refractivity contribution in [1.82, 2.24) is 5.32 Å². The molecule has 0 heterocycles. The lowest BCUT2D eigenvalue weighted by Gasteiger charge is -2.32. The zero-order valence-corrected chi connectivity index (χ0v) is 12.1. The Kier molecular flexibility index (Phi) is 5.98. The van der Waals surface area contributed by atoms with Gasteiger partial charge in [-0.3, -0.25) is 4.79 Å². The number of aromatic hydroxyl groups is 1. The minimum absolute atomic E-state index is 0.0995. The Hall–Kier alpha value is -1.59. The lowest BCUT2D eigenvalue weighted by molar-refractivity contribution is -0.125. The van der Waals surface area contributed by atoms with Crippen LogP contribution in [0, 0.1) is 0 Å². The second-order valence-corrected chi connectivity index (χ2v) is 5.11. The van der Waals surface area contributed by atoms with E-state index in [2.05, 4.69) is 5.32 Å². The molecule has 112 valence electrons. The van der Waals surface area contributed by atoms with Gasteiger partial charge in [-0.05, 0) is 37.0 Å². The molecule has 0 aliphatic heterocycles. The minimum atomic E-state index is -0.677. The van der Waals surface area contributed by atoms with Crippen molar-refractivity contribution >= 4 is 5.91 Å². The first kappa shape index (κ1) is 16.5. The van der Waals surface area contributed by atoms with Gasteiger partial charge in [0.25, 0.3) is 0 Å². The molecule has 1 atom stereocenters. The van der Waals surface area contributed by atoms with E-state index in [0.717, 1.165) is 5.56 Å². The number of phenolic OH excluding ortho intramolecular Hbond substituents is 1. The van der Waals surface area contributed by atoms with Crippen molar-refractivity contribution in [2.24, 2.45) is 5.73 Å². The summed E-state index contributed by atoms with van der Waals surface area (Å²) >= 11 is 0. The van der Waals surface area contributed by atoms with Crippen LogP contribution >= 0.6 is 0 Å². The van der Waals surface area contributed by atoms with Gasteiger partial charge in [-0.25, -0.2) is 0 Å². The van der Waals surface area contributed by atoms with Crippen molar-refractivity contribution in [3.8, 4) is 5.75 Å². The normalized spacial score (nSPS) is 13.0. The zero-order chi connectivity index (χ0) is 15.2. The molecule has 20 heavy (non-hydrogen) atoms. The van der Waals surface area contributed by atoms with Crippen LogP contribution in [-0.4, -0.2) is 34.3 Å². The van der Waals surface area contributed by atoms with Crippen molar-refractivity contribution in [3.05, 3.63) is 29.8 Å². The van der Waals surface area contributed by atoms with E-state index < -0.39 is 11.6 Å². The predicted octanol–water partition coefficient (Wildman–Crippen LogP) is 0.929. The van der Waals surface area contributed by atoms with Gasteiger partial charge in [0.15, 0.2) is 0 Å². The quantitative estimate of drug-likeness (QED) is 0.597. The first-order chi connectivity index (χ1) is 9.46. The van der Waals surface area contributed by atoms with Gasteiger partial charge in [-0.2, -0.15) is 0 Å². The summed E-state index contributed by atoms with van der Waals surface area (Å²) in [6, 6.07) is 5.93. The number of hydrogen-bond acceptors (Lipinski definition) is 4. The van der Waals surface area contributed by atoms with Crippen LogP contribution in [0.15, 0.2) is 24.3 Å². The van der Waals surface area contributed by atoms with E-state index in [9.17, 15) is 15.0 Å². The molecule has 0 fully saturated rings. The Labute approximate surface area is 119 Å². The molecule has 5 nitrogen and oxygen atoms in total. The summed E-state index contributed by atoms with van der Waals surface area (Å²) in [5.74, 6) is -0.0844. The summed E-state index contributed by atoms with van der Waals surface area (Å²) in [7, 11) is 0. The molecule has 0 radical (unpaired) electrons. The molecule has 1 aromatic rings. The van der Waals surface area contributed by atoms with Gasteiger partial charge in [-0.15, -0.1) is 0 Å².